The van der Waals surface area contributed by atoms with Crippen molar-refractivity contribution in [2.45, 2.75) is 6.92 Å². The van der Waals surface area contributed by atoms with Crippen LogP contribution in [0.1, 0.15) is 6.92 Å². The van der Waals surface area contributed by atoms with Gasteiger partial charge in [-0.15, -0.1) is 0 Å². The highest BCUT2D eigenvalue weighted by Crippen LogP contribution is 2.07. The first-order chi connectivity index (χ1) is 6.43. The van der Waals surface area contributed by atoms with Crippen LogP contribution >= 0.6 is 0 Å². The van der Waals surface area contributed by atoms with E-state index in [9.17, 15) is 0 Å². The second-order valence-corrected chi connectivity index (χ2v) is 2.52. The number of rotatable bonds is 3. The average molecular weight is 171 g/mol. The zero-order valence-corrected chi connectivity index (χ0v) is 7.72. The topological polar surface area (TPSA) is 12.4 Å². The first-order valence-corrected chi connectivity index (χ1v) is 4.30. The van der Waals surface area contributed by atoms with Crippen LogP contribution in [0.5, 0.6) is 0 Å². The van der Waals surface area contributed by atoms with Gasteiger partial charge in [0.25, 0.3) is 0 Å². The van der Waals surface area contributed by atoms with E-state index in [4.69, 9.17) is 0 Å². The fraction of sp³-hybridized carbons (Fsp3) is 0.0833. The Labute approximate surface area is 79.1 Å². The number of hydrogen-bond acceptors (Lipinski definition) is 1. The van der Waals surface area contributed by atoms with Crippen molar-refractivity contribution in [3.05, 3.63) is 54.6 Å². The van der Waals surface area contributed by atoms with Gasteiger partial charge in [-0.05, 0) is 25.1 Å². The van der Waals surface area contributed by atoms with Gasteiger partial charge >= 0.3 is 0 Å². The molecule has 1 aromatic rings. The molecule has 1 nitrogen and oxygen atoms in total. The van der Waals surface area contributed by atoms with Crippen LogP contribution in [0.2, 0.25) is 0 Å². The highest BCUT2D eigenvalue weighted by atomic mass is 14.7. The molecule has 0 unspecified atom stereocenters. The zero-order valence-electron chi connectivity index (χ0n) is 7.72. The Balaban J connectivity index is 2.50. The molecule has 0 fully saturated rings. The standard InChI is InChI=1S/C12H13N/c1-2-3-4-8-11-13-12-9-6-5-7-10-12/h2-11H,1H3. The Morgan fingerprint density at radius 1 is 1.00 bits per heavy atom. The van der Waals surface area contributed by atoms with Gasteiger partial charge in [0.1, 0.15) is 0 Å². The van der Waals surface area contributed by atoms with Crippen LogP contribution in [0.25, 0.3) is 0 Å². The molecule has 0 atom stereocenters. The summed E-state index contributed by atoms with van der Waals surface area (Å²) >= 11 is 0. The molecule has 13 heavy (non-hydrogen) atoms. The number of nitrogens with zero attached hydrogens (tertiary/aromatic N) is 1. The van der Waals surface area contributed by atoms with E-state index in [1.165, 1.54) is 0 Å². The Bertz CT molecular complexity index is 307. The first kappa shape index (κ1) is 9.46. The predicted molar refractivity (Wildman–Crippen MR) is 58.5 cm³/mol. The Kier molecular flexibility index (Phi) is 4.33. The maximum atomic E-state index is 4.23. The summed E-state index contributed by atoms with van der Waals surface area (Å²) in [5, 5.41) is 0. The molecule has 0 bridgehead atoms. The van der Waals surface area contributed by atoms with Crippen molar-refractivity contribution in [2.24, 2.45) is 4.99 Å². The van der Waals surface area contributed by atoms with Gasteiger partial charge in [-0.2, -0.15) is 0 Å². The largest absolute Gasteiger partial charge is 0.257 e. The van der Waals surface area contributed by atoms with Crippen molar-refractivity contribution in [3.63, 3.8) is 0 Å². The SMILES string of the molecule is CC=CC=CC=Nc1ccccc1. The van der Waals surface area contributed by atoms with Crippen LogP contribution in [0.3, 0.4) is 0 Å². The van der Waals surface area contributed by atoms with Crippen LogP contribution in [-0.2, 0) is 0 Å². The molecule has 0 aliphatic carbocycles. The maximum Gasteiger partial charge on any atom is 0.0629 e. The molecule has 0 saturated heterocycles. The third-order valence-corrected chi connectivity index (χ3v) is 1.48. The predicted octanol–water partition coefficient (Wildman–Crippen LogP) is 3.52. The molecular weight excluding hydrogens is 158 g/mol. The Morgan fingerprint density at radius 3 is 2.46 bits per heavy atom. The van der Waals surface area contributed by atoms with Gasteiger partial charge in [0.2, 0.25) is 0 Å². The molecule has 0 N–H and O–H groups in total. The summed E-state index contributed by atoms with van der Waals surface area (Å²) in [6.45, 7) is 1.98. The summed E-state index contributed by atoms with van der Waals surface area (Å²) < 4.78 is 0. The van der Waals surface area contributed by atoms with Gasteiger partial charge in [-0.25, -0.2) is 0 Å². The summed E-state index contributed by atoms with van der Waals surface area (Å²) in [6.07, 6.45) is 9.60. The van der Waals surface area contributed by atoms with Gasteiger partial charge in [0, 0.05) is 6.21 Å². The highest BCUT2D eigenvalue weighted by Gasteiger charge is 1.79. The summed E-state index contributed by atoms with van der Waals surface area (Å²) in [5.74, 6) is 0. The van der Waals surface area contributed by atoms with E-state index in [0.29, 0.717) is 0 Å². The molecule has 0 aliphatic heterocycles. The first-order valence-electron chi connectivity index (χ1n) is 4.30. The summed E-state index contributed by atoms with van der Waals surface area (Å²) in [7, 11) is 0. The Hall–Kier alpha value is -1.63. The van der Waals surface area contributed by atoms with E-state index in [1.54, 1.807) is 6.21 Å². The van der Waals surface area contributed by atoms with Crippen molar-refractivity contribution < 1.29 is 0 Å². The number of hydrogen-bond donors (Lipinski definition) is 0. The van der Waals surface area contributed by atoms with Crippen LogP contribution in [0.15, 0.2) is 59.6 Å². The average Bonchev–Trinajstić information content (AvgIpc) is 2.19. The third-order valence-electron chi connectivity index (χ3n) is 1.48. The fourth-order valence-corrected chi connectivity index (χ4v) is 0.868. The molecule has 0 spiro atoms. The third kappa shape index (κ3) is 4.06. The van der Waals surface area contributed by atoms with Crippen molar-refractivity contribution in [1.82, 2.24) is 0 Å². The lowest BCUT2D eigenvalue weighted by atomic mass is 10.3. The molecule has 1 aromatic carbocycles. The lowest BCUT2D eigenvalue weighted by Gasteiger charge is -1.87. The number of allylic oxidation sites excluding steroid dienone is 4. The maximum absolute atomic E-state index is 4.23. The second-order valence-electron chi connectivity index (χ2n) is 2.52. The van der Waals surface area contributed by atoms with E-state index < -0.39 is 0 Å². The van der Waals surface area contributed by atoms with Gasteiger partial charge in [0.15, 0.2) is 0 Å². The van der Waals surface area contributed by atoms with E-state index in [-0.39, 0.29) is 0 Å². The van der Waals surface area contributed by atoms with Gasteiger partial charge in [-0.1, -0.05) is 36.4 Å². The fourth-order valence-electron chi connectivity index (χ4n) is 0.868. The van der Waals surface area contributed by atoms with Gasteiger partial charge < -0.3 is 0 Å². The molecule has 0 aliphatic rings. The molecule has 66 valence electrons. The molecular formula is C12H13N. The second kappa shape index (κ2) is 5.95. The van der Waals surface area contributed by atoms with E-state index in [1.807, 2.05) is 61.6 Å². The molecule has 1 rings (SSSR count). The molecule has 1 heteroatoms. The summed E-state index contributed by atoms with van der Waals surface area (Å²) in [6, 6.07) is 9.87. The van der Waals surface area contributed by atoms with Crippen LogP contribution in [-0.4, -0.2) is 6.21 Å². The van der Waals surface area contributed by atoms with E-state index in [2.05, 4.69) is 4.99 Å². The molecule has 0 radical (unpaired) electrons. The smallest absolute Gasteiger partial charge is 0.0629 e. The highest BCUT2D eigenvalue weighted by molar-refractivity contribution is 5.74. The van der Waals surface area contributed by atoms with Crippen molar-refractivity contribution in [2.75, 3.05) is 0 Å². The van der Waals surface area contributed by atoms with Crippen molar-refractivity contribution >= 4 is 11.9 Å². The summed E-state index contributed by atoms with van der Waals surface area (Å²) in [5.41, 5.74) is 0.979. The summed E-state index contributed by atoms with van der Waals surface area (Å²) in [4.78, 5) is 4.23. The van der Waals surface area contributed by atoms with Crippen LogP contribution < -0.4 is 0 Å². The minimum absolute atomic E-state index is 0.979. The molecule has 0 amide bonds. The van der Waals surface area contributed by atoms with Gasteiger partial charge in [0.05, 0.1) is 5.69 Å². The lowest BCUT2D eigenvalue weighted by Crippen LogP contribution is -1.64. The minimum atomic E-state index is 0.979. The van der Waals surface area contributed by atoms with Crippen LogP contribution in [0.4, 0.5) is 5.69 Å². The molecule has 0 heterocycles. The quantitative estimate of drug-likeness (QED) is 0.487. The number of para-hydroxylation sites is 1. The van der Waals surface area contributed by atoms with E-state index >= 15 is 0 Å². The Morgan fingerprint density at radius 2 is 1.77 bits per heavy atom. The number of benzene rings is 1. The molecule has 0 saturated carbocycles. The van der Waals surface area contributed by atoms with Crippen LogP contribution in [0, 0.1) is 0 Å². The van der Waals surface area contributed by atoms with E-state index in [0.717, 1.165) is 5.69 Å². The minimum Gasteiger partial charge on any atom is -0.257 e. The normalized spacial score (nSPS) is 12.1. The molecule has 0 aromatic heterocycles. The monoisotopic (exact) mass is 171 g/mol. The number of aliphatic imine (C=N–C) groups is 1. The van der Waals surface area contributed by atoms with Crippen molar-refractivity contribution in [3.8, 4) is 0 Å². The van der Waals surface area contributed by atoms with Gasteiger partial charge in [-0.3, -0.25) is 4.99 Å². The lowest BCUT2D eigenvalue weighted by molar-refractivity contribution is 1.54. The zero-order chi connectivity index (χ0) is 9.36. The van der Waals surface area contributed by atoms with Crippen molar-refractivity contribution in [1.29, 1.82) is 0 Å².